The molecule has 1 saturated carbocycles. The maximum atomic E-state index is 12.1. The molecule has 0 atom stereocenters. The molecule has 15 heavy (non-hydrogen) atoms. The number of nitrogens with zero attached hydrogens (tertiary/aromatic N) is 1. The zero-order valence-electron chi connectivity index (χ0n) is 9.69. The second kappa shape index (κ2) is 7.72. The van der Waals surface area contributed by atoms with Gasteiger partial charge in [-0.05, 0) is 38.8 Å². The fourth-order valence-electron chi connectivity index (χ4n) is 2.24. The Labute approximate surface area is 133 Å². The second-order valence-corrected chi connectivity index (χ2v) is 4.44. The molecule has 0 N–H and O–H groups in total. The van der Waals surface area contributed by atoms with E-state index in [9.17, 15) is 12.9 Å². The van der Waals surface area contributed by atoms with E-state index in [-0.39, 0.29) is 51.4 Å². The van der Waals surface area contributed by atoms with E-state index in [0.717, 1.165) is 12.8 Å². The summed E-state index contributed by atoms with van der Waals surface area (Å²) in [5, 5.41) is 0. The van der Waals surface area contributed by atoms with Crippen molar-refractivity contribution in [3.63, 3.8) is 0 Å². The molecule has 6 heteroatoms. The van der Waals surface area contributed by atoms with E-state index in [1.165, 1.54) is 24.2 Å². The van der Waals surface area contributed by atoms with Crippen LogP contribution in [0.2, 0.25) is 0 Å². The molecule has 1 nitrogen and oxygen atoms in total. The summed E-state index contributed by atoms with van der Waals surface area (Å²) in [6, 6.07) is 0. The summed E-state index contributed by atoms with van der Waals surface area (Å²) in [7, 11) is 1.57. The van der Waals surface area contributed by atoms with E-state index in [1.54, 1.807) is 7.05 Å². The fraction of sp³-hybridized carbons (Fsp3) is 1.00. The van der Waals surface area contributed by atoms with Gasteiger partial charge in [-0.1, -0.05) is 19.3 Å². The smallest absolute Gasteiger partial charge is 0.448 e. The molecule has 0 saturated heterocycles. The van der Waals surface area contributed by atoms with Crippen molar-refractivity contribution < 1.29 is 64.3 Å². The minimum Gasteiger partial charge on any atom is -0.448 e. The molecule has 1 rings (SSSR count). The minimum absolute atomic E-state index is 0. The predicted molar refractivity (Wildman–Crippen MR) is 53.2 cm³/mol. The van der Waals surface area contributed by atoms with Gasteiger partial charge in [0.15, 0.2) is 0 Å². The van der Waals surface area contributed by atoms with Crippen molar-refractivity contribution >= 4 is 6.98 Å². The van der Waals surface area contributed by atoms with Gasteiger partial charge in [-0.25, -0.2) is 0 Å². The van der Waals surface area contributed by atoms with E-state index in [0.29, 0.717) is 12.5 Å². The van der Waals surface area contributed by atoms with Gasteiger partial charge in [0.1, 0.15) is 0 Å². The summed E-state index contributed by atoms with van der Waals surface area (Å²) in [5.74, 6) is 0.492. The largest absolute Gasteiger partial charge is 1.00 e. The van der Waals surface area contributed by atoms with Crippen molar-refractivity contribution in [1.82, 2.24) is 4.90 Å². The van der Waals surface area contributed by atoms with Crippen LogP contribution in [0.25, 0.3) is 0 Å². The predicted octanol–water partition coefficient (Wildman–Crippen LogP) is -0.111. The molecule has 0 heterocycles. The third-order valence-corrected chi connectivity index (χ3v) is 2.81. The molecule has 0 aromatic carbocycles. The quantitative estimate of drug-likeness (QED) is 0.626. The third-order valence-electron chi connectivity index (χ3n) is 2.81. The molecule has 0 aromatic heterocycles. The van der Waals surface area contributed by atoms with Crippen molar-refractivity contribution in [1.29, 1.82) is 0 Å². The van der Waals surface area contributed by atoms with Crippen molar-refractivity contribution in [3.05, 3.63) is 0 Å². The maximum Gasteiger partial charge on any atom is 1.00 e. The molecule has 84 valence electrons. The van der Waals surface area contributed by atoms with Gasteiger partial charge in [0.2, 0.25) is 0 Å². The number of hydrogen-bond donors (Lipinski definition) is 0. The van der Waals surface area contributed by atoms with Gasteiger partial charge in [0.25, 0.3) is 0 Å². The molecular weight excluding hydrogens is 229 g/mol. The van der Waals surface area contributed by atoms with Crippen LogP contribution in [0.15, 0.2) is 0 Å². The molecule has 0 aromatic rings. The van der Waals surface area contributed by atoms with Crippen LogP contribution in [0.4, 0.5) is 12.9 Å². The summed E-state index contributed by atoms with van der Waals surface area (Å²) in [6.07, 6.45) is 5.13. The average molecular weight is 247 g/mol. The topological polar surface area (TPSA) is 3.24 Å². The van der Waals surface area contributed by atoms with E-state index in [4.69, 9.17) is 0 Å². The Bertz CT molecular complexity index is 171. The third kappa shape index (κ3) is 8.21. The Hall–Kier alpha value is 1.45. The normalized spacial score (nSPS) is 19.0. The Morgan fingerprint density at radius 1 is 1.13 bits per heavy atom. The van der Waals surface area contributed by atoms with E-state index in [2.05, 4.69) is 0 Å². The summed E-state index contributed by atoms with van der Waals surface area (Å²) < 4.78 is 36.2. The zero-order chi connectivity index (χ0) is 10.6. The van der Waals surface area contributed by atoms with E-state index < -0.39 is 13.4 Å². The van der Waals surface area contributed by atoms with Gasteiger partial charge >= 0.3 is 58.4 Å². The van der Waals surface area contributed by atoms with E-state index >= 15 is 0 Å². The molecule has 0 radical (unpaired) electrons. The Morgan fingerprint density at radius 2 is 1.67 bits per heavy atom. The minimum atomic E-state index is -4.65. The summed E-state index contributed by atoms with van der Waals surface area (Å²) >= 11 is 0. The van der Waals surface area contributed by atoms with Gasteiger partial charge in [-0.2, -0.15) is 0 Å². The molecular formula is C9H18BF3KN. The SMILES string of the molecule is CN(CC1CCCCC1)C[B-](F)(F)F.[K+]. The van der Waals surface area contributed by atoms with Crippen LogP contribution in [0.3, 0.4) is 0 Å². The monoisotopic (exact) mass is 247 g/mol. The second-order valence-electron chi connectivity index (χ2n) is 4.44. The van der Waals surface area contributed by atoms with Crippen molar-refractivity contribution in [3.8, 4) is 0 Å². The summed E-state index contributed by atoms with van der Waals surface area (Å²) in [6.45, 7) is -4.04. The first-order valence-corrected chi connectivity index (χ1v) is 5.37. The van der Waals surface area contributed by atoms with Crippen LogP contribution in [-0.4, -0.2) is 31.9 Å². The van der Waals surface area contributed by atoms with Crippen LogP contribution in [0.1, 0.15) is 32.1 Å². The first-order valence-electron chi connectivity index (χ1n) is 5.37. The maximum absolute atomic E-state index is 12.1. The number of rotatable bonds is 4. The van der Waals surface area contributed by atoms with Gasteiger partial charge < -0.3 is 17.8 Å². The van der Waals surface area contributed by atoms with Gasteiger partial charge in [-0.3, -0.25) is 0 Å². The molecule has 0 bridgehead atoms. The van der Waals surface area contributed by atoms with Crippen molar-refractivity contribution in [2.24, 2.45) is 5.92 Å². The summed E-state index contributed by atoms with van der Waals surface area (Å²) in [5.41, 5.74) is 0. The number of halogens is 3. The van der Waals surface area contributed by atoms with Gasteiger partial charge in [0.05, 0.1) is 0 Å². The molecule has 1 fully saturated rings. The van der Waals surface area contributed by atoms with Gasteiger partial charge in [0, 0.05) is 0 Å². The average Bonchev–Trinajstić information content (AvgIpc) is 2.02. The van der Waals surface area contributed by atoms with Crippen molar-refractivity contribution in [2.75, 3.05) is 20.0 Å². The molecule has 1 aliphatic rings. The van der Waals surface area contributed by atoms with Crippen LogP contribution < -0.4 is 51.4 Å². The zero-order valence-corrected chi connectivity index (χ0v) is 12.8. The Morgan fingerprint density at radius 3 is 2.13 bits per heavy atom. The molecule has 0 aliphatic heterocycles. The Kier molecular flexibility index (Phi) is 8.46. The first-order chi connectivity index (χ1) is 6.47. The molecule has 1 aliphatic carbocycles. The van der Waals surface area contributed by atoms with Crippen LogP contribution in [0.5, 0.6) is 0 Å². The van der Waals surface area contributed by atoms with Gasteiger partial charge in [-0.15, -0.1) is 0 Å². The molecule has 0 amide bonds. The Balaban J connectivity index is 0.00000196. The van der Waals surface area contributed by atoms with Crippen LogP contribution in [0, 0.1) is 5.92 Å². The molecule has 0 spiro atoms. The molecule has 0 unspecified atom stereocenters. The van der Waals surface area contributed by atoms with Crippen molar-refractivity contribution in [2.45, 2.75) is 32.1 Å². The standard InChI is InChI=1S/C9H18BF3N.K/c1-14(8-10(11,12)13)7-9-5-3-2-4-6-9;/h9H,2-8H2,1H3;/q-1;+1. The number of hydrogen-bond acceptors (Lipinski definition) is 1. The summed E-state index contributed by atoms with van der Waals surface area (Å²) in [4.78, 5) is 1.43. The first kappa shape index (κ1) is 16.5. The van der Waals surface area contributed by atoms with E-state index in [1.807, 2.05) is 0 Å². The fourth-order valence-corrected chi connectivity index (χ4v) is 2.24. The van der Waals surface area contributed by atoms with Crippen LogP contribution in [-0.2, 0) is 0 Å². The van der Waals surface area contributed by atoms with Crippen LogP contribution >= 0.6 is 0 Å².